The number of carbonyl (C=O) groups is 1. The molecule has 1 aromatic carbocycles. The number of halogens is 1. The molecule has 3 nitrogen and oxygen atoms in total. The third kappa shape index (κ3) is 2.57. The Morgan fingerprint density at radius 2 is 2.11 bits per heavy atom. The van der Waals surface area contributed by atoms with Crippen LogP contribution in [-0.2, 0) is 4.74 Å². The van der Waals surface area contributed by atoms with E-state index in [1.165, 1.54) is 0 Å². The standard InChI is InChI=1S/C14H14ClNO2/c1-2-18-14(17)16-10-6-9-12(15)13(16)11-7-4-3-5-8-11/h3-9H,2,10H2,1H3. The molecule has 0 fully saturated rings. The quantitative estimate of drug-likeness (QED) is 0.816. The van der Waals surface area contributed by atoms with E-state index in [9.17, 15) is 4.79 Å². The monoisotopic (exact) mass is 263 g/mol. The van der Waals surface area contributed by atoms with Gasteiger partial charge in [0.1, 0.15) is 0 Å². The Morgan fingerprint density at radius 3 is 2.78 bits per heavy atom. The topological polar surface area (TPSA) is 29.5 Å². The molecule has 0 unspecified atom stereocenters. The van der Waals surface area contributed by atoms with Crippen molar-refractivity contribution in [1.82, 2.24) is 4.90 Å². The number of hydrogen-bond acceptors (Lipinski definition) is 2. The number of hydrogen-bond donors (Lipinski definition) is 0. The summed E-state index contributed by atoms with van der Waals surface area (Å²) >= 11 is 6.20. The first-order valence-corrected chi connectivity index (χ1v) is 6.18. The lowest BCUT2D eigenvalue weighted by molar-refractivity contribution is 0.128. The molecule has 0 saturated carbocycles. The molecule has 1 aromatic rings. The minimum atomic E-state index is -0.376. The molecule has 4 heteroatoms. The molecule has 1 aliphatic heterocycles. The third-order valence-corrected chi connectivity index (χ3v) is 2.89. The van der Waals surface area contributed by atoms with Crippen molar-refractivity contribution in [2.75, 3.05) is 13.2 Å². The van der Waals surface area contributed by atoms with Gasteiger partial charge in [0.05, 0.1) is 17.3 Å². The first-order valence-electron chi connectivity index (χ1n) is 5.80. The van der Waals surface area contributed by atoms with E-state index < -0.39 is 0 Å². The molecule has 1 heterocycles. The molecule has 18 heavy (non-hydrogen) atoms. The second-order valence-corrected chi connectivity index (χ2v) is 4.18. The van der Waals surface area contributed by atoms with E-state index in [1.807, 2.05) is 36.4 Å². The van der Waals surface area contributed by atoms with E-state index >= 15 is 0 Å². The lowest BCUT2D eigenvalue weighted by Gasteiger charge is -2.26. The van der Waals surface area contributed by atoms with Gasteiger partial charge >= 0.3 is 6.09 Å². The van der Waals surface area contributed by atoms with Crippen LogP contribution in [0.1, 0.15) is 12.5 Å². The molecule has 0 N–H and O–H groups in total. The lowest BCUT2D eigenvalue weighted by Crippen LogP contribution is -2.32. The molecule has 0 radical (unpaired) electrons. The van der Waals surface area contributed by atoms with Crippen LogP contribution in [0, 0.1) is 0 Å². The Labute approximate surface area is 111 Å². The Morgan fingerprint density at radius 1 is 1.39 bits per heavy atom. The highest BCUT2D eigenvalue weighted by Crippen LogP contribution is 2.29. The van der Waals surface area contributed by atoms with Gasteiger partial charge in [0, 0.05) is 6.54 Å². The molecule has 0 aliphatic carbocycles. The molecule has 0 saturated heterocycles. The van der Waals surface area contributed by atoms with Gasteiger partial charge in [-0.3, -0.25) is 4.90 Å². The van der Waals surface area contributed by atoms with Crippen molar-refractivity contribution in [3.8, 4) is 0 Å². The van der Waals surface area contributed by atoms with Gasteiger partial charge < -0.3 is 4.74 Å². The Kier molecular flexibility index (Phi) is 4.05. The molecule has 2 rings (SSSR count). The molecule has 0 aromatic heterocycles. The SMILES string of the molecule is CCOC(=O)N1CC=CC(Cl)=C1c1ccccc1. The lowest BCUT2D eigenvalue weighted by atomic mass is 10.1. The van der Waals surface area contributed by atoms with Crippen LogP contribution in [0.5, 0.6) is 0 Å². The molecule has 1 amide bonds. The zero-order chi connectivity index (χ0) is 13.0. The van der Waals surface area contributed by atoms with Crippen LogP contribution >= 0.6 is 11.6 Å². The molecule has 0 atom stereocenters. The summed E-state index contributed by atoms with van der Waals surface area (Å²) < 4.78 is 5.04. The molecule has 94 valence electrons. The summed E-state index contributed by atoms with van der Waals surface area (Å²) in [7, 11) is 0. The van der Waals surface area contributed by atoms with Crippen LogP contribution in [0.25, 0.3) is 5.70 Å². The second-order valence-electron chi connectivity index (χ2n) is 3.77. The van der Waals surface area contributed by atoms with E-state index in [4.69, 9.17) is 16.3 Å². The van der Waals surface area contributed by atoms with Gasteiger partial charge in [-0.2, -0.15) is 0 Å². The Hall–Kier alpha value is -1.74. The predicted molar refractivity (Wildman–Crippen MR) is 72.1 cm³/mol. The smallest absolute Gasteiger partial charge is 0.414 e. The Balaban J connectivity index is 2.38. The molecule has 0 spiro atoms. The zero-order valence-electron chi connectivity index (χ0n) is 10.1. The second kappa shape index (κ2) is 5.74. The normalized spacial score (nSPS) is 14.9. The average Bonchev–Trinajstić information content (AvgIpc) is 2.39. The van der Waals surface area contributed by atoms with Crippen molar-refractivity contribution in [2.24, 2.45) is 0 Å². The van der Waals surface area contributed by atoms with Gasteiger partial charge in [0.25, 0.3) is 0 Å². The van der Waals surface area contributed by atoms with E-state index in [2.05, 4.69) is 0 Å². The minimum Gasteiger partial charge on any atom is -0.449 e. The molecule has 1 aliphatic rings. The summed E-state index contributed by atoms with van der Waals surface area (Å²) in [6.07, 6.45) is 3.27. The number of rotatable bonds is 2. The van der Waals surface area contributed by atoms with Crippen molar-refractivity contribution in [1.29, 1.82) is 0 Å². The van der Waals surface area contributed by atoms with Gasteiger partial charge in [0.2, 0.25) is 0 Å². The van der Waals surface area contributed by atoms with Gasteiger partial charge in [-0.1, -0.05) is 48.0 Å². The van der Waals surface area contributed by atoms with E-state index in [0.717, 1.165) is 5.56 Å². The first-order chi connectivity index (χ1) is 8.74. The zero-order valence-corrected chi connectivity index (χ0v) is 10.9. The summed E-state index contributed by atoms with van der Waals surface area (Å²) in [5.74, 6) is 0. The van der Waals surface area contributed by atoms with Crippen molar-refractivity contribution in [2.45, 2.75) is 6.92 Å². The summed E-state index contributed by atoms with van der Waals surface area (Å²) in [6.45, 7) is 2.60. The summed E-state index contributed by atoms with van der Waals surface area (Å²) in [4.78, 5) is 13.4. The van der Waals surface area contributed by atoms with E-state index in [0.29, 0.717) is 23.9 Å². The van der Waals surface area contributed by atoms with E-state index in [-0.39, 0.29) is 6.09 Å². The number of ether oxygens (including phenoxy) is 1. The summed E-state index contributed by atoms with van der Waals surface area (Å²) in [5.41, 5.74) is 1.60. The number of allylic oxidation sites excluding steroid dienone is 2. The van der Waals surface area contributed by atoms with Crippen LogP contribution in [0.2, 0.25) is 0 Å². The fraction of sp³-hybridized carbons (Fsp3) is 0.214. The largest absolute Gasteiger partial charge is 0.449 e. The average molecular weight is 264 g/mol. The maximum Gasteiger partial charge on any atom is 0.414 e. The Bertz CT molecular complexity index is 494. The summed E-state index contributed by atoms with van der Waals surface area (Å²) in [6, 6.07) is 9.58. The number of nitrogens with zero attached hydrogens (tertiary/aromatic N) is 1. The van der Waals surface area contributed by atoms with Crippen molar-refractivity contribution in [3.05, 3.63) is 53.1 Å². The van der Waals surface area contributed by atoms with Gasteiger partial charge in [-0.05, 0) is 18.6 Å². The fourth-order valence-corrected chi connectivity index (χ4v) is 2.12. The fourth-order valence-electron chi connectivity index (χ4n) is 1.82. The van der Waals surface area contributed by atoms with Crippen LogP contribution < -0.4 is 0 Å². The number of carbonyl (C=O) groups excluding carboxylic acids is 1. The highest BCUT2D eigenvalue weighted by molar-refractivity contribution is 6.34. The van der Waals surface area contributed by atoms with Crippen molar-refractivity contribution >= 4 is 23.4 Å². The molecular weight excluding hydrogens is 250 g/mol. The molecule has 0 bridgehead atoms. The van der Waals surface area contributed by atoms with Gasteiger partial charge in [-0.15, -0.1) is 0 Å². The van der Waals surface area contributed by atoms with Gasteiger partial charge in [-0.25, -0.2) is 4.79 Å². The van der Waals surface area contributed by atoms with Crippen molar-refractivity contribution < 1.29 is 9.53 Å². The van der Waals surface area contributed by atoms with Crippen LogP contribution in [0.15, 0.2) is 47.5 Å². The highest BCUT2D eigenvalue weighted by Gasteiger charge is 2.24. The van der Waals surface area contributed by atoms with Crippen LogP contribution in [0.3, 0.4) is 0 Å². The maximum atomic E-state index is 11.9. The van der Waals surface area contributed by atoms with Crippen molar-refractivity contribution in [3.63, 3.8) is 0 Å². The number of benzene rings is 1. The maximum absolute atomic E-state index is 11.9. The van der Waals surface area contributed by atoms with Crippen LogP contribution in [0.4, 0.5) is 4.79 Å². The van der Waals surface area contributed by atoms with Gasteiger partial charge in [0.15, 0.2) is 0 Å². The number of amides is 1. The minimum absolute atomic E-state index is 0.346. The predicted octanol–water partition coefficient (Wildman–Crippen LogP) is 3.62. The van der Waals surface area contributed by atoms with E-state index in [1.54, 1.807) is 17.9 Å². The third-order valence-electron chi connectivity index (χ3n) is 2.58. The highest BCUT2D eigenvalue weighted by atomic mass is 35.5. The molecular formula is C14H14ClNO2. The van der Waals surface area contributed by atoms with Crippen LogP contribution in [-0.4, -0.2) is 24.1 Å². The first kappa shape index (κ1) is 12.7. The summed E-state index contributed by atoms with van der Waals surface area (Å²) in [5, 5.41) is 0.542.